The van der Waals surface area contributed by atoms with E-state index < -0.39 is 0 Å². The van der Waals surface area contributed by atoms with Gasteiger partial charge in [-0.3, -0.25) is 4.98 Å². The van der Waals surface area contributed by atoms with Crippen molar-refractivity contribution >= 4 is 0 Å². The van der Waals surface area contributed by atoms with Gasteiger partial charge in [0.25, 0.3) is 5.89 Å². The molecule has 0 unspecified atom stereocenters. The SMILES string of the molecule is c1ccc(-c2noc(-c3ccnc(-n4cncn4)c3)n2)nc1. The van der Waals surface area contributed by atoms with Gasteiger partial charge < -0.3 is 4.52 Å². The first-order valence-electron chi connectivity index (χ1n) is 6.47. The summed E-state index contributed by atoms with van der Waals surface area (Å²) in [7, 11) is 0. The monoisotopic (exact) mass is 291 g/mol. The van der Waals surface area contributed by atoms with E-state index in [1.165, 1.54) is 6.33 Å². The van der Waals surface area contributed by atoms with Gasteiger partial charge in [0.15, 0.2) is 5.82 Å². The third-order valence-electron chi connectivity index (χ3n) is 2.97. The van der Waals surface area contributed by atoms with Gasteiger partial charge in [0.05, 0.1) is 0 Å². The fraction of sp³-hybridized carbons (Fsp3) is 0. The third-order valence-corrected chi connectivity index (χ3v) is 2.97. The van der Waals surface area contributed by atoms with Crippen molar-refractivity contribution < 1.29 is 4.52 Å². The van der Waals surface area contributed by atoms with Gasteiger partial charge in [-0.2, -0.15) is 10.1 Å². The van der Waals surface area contributed by atoms with Crippen molar-refractivity contribution in [2.24, 2.45) is 0 Å². The Hall–Kier alpha value is -3.42. The number of rotatable bonds is 3. The van der Waals surface area contributed by atoms with E-state index in [-0.39, 0.29) is 0 Å². The second-order valence-corrected chi connectivity index (χ2v) is 4.38. The number of hydrogen-bond acceptors (Lipinski definition) is 7. The lowest BCUT2D eigenvalue weighted by atomic mass is 10.2. The first-order chi connectivity index (χ1) is 10.9. The van der Waals surface area contributed by atoms with Crippen molar-refractivity contribution in [2.45, 2.75) is 0 Å². The van der Waals surface area contributed by atoms with E-state index in [9.17, 15) is 0 Å². The average molecular weight is 291 g/mol. The molecule has 0 fully saturated rings. The first-order valence-corrected chi connectivity index (χ1v) is 6.47. The summed E-state index contributed by atoms with van der Waals surface area (Å²) >= 11 is 0. The van der Waals surface area contributed by atoms with Crippen molar-refractivity contribution in [1.82, 2.24) is 34.9 Å². The predicted molar refractivity (Wildman–Crippen MR) is 75.7 cm³/mol. The topological polar surface area (TPSA) is 95.4 Å². The Morgan fingerprint density at radius 2 is 2.05 bits per heavy atom. The molecule has 0 N–H and O–H groups in total. The van der Waals surface area contributed by atoms with Gasteiger partial charge in [-0.25, -0.2) is 14.6 Å². The minimum absolute atomic E-state index is 0.393. The summed E-state index contributed by atoms with van der Waals surface area (Å²) in [5, 5.41) is 7.99. The predicted octanol–water partition coefficient (Wildman–Crippen LogP) is 1.77. The lowest BCUT2D eigenvalue weighted by Gasteiger charge is -2.00. The number of pyridine rings is 2. The first kappa shape index (κ1) is 12.3. The molecule has 0 spiro atoms. The van der Waals surface area contributed by atoms with Gasteiger partial charge in [-0.05, 0) is 24.3 Å². The maximum absolute atomic E-state index is 5.30. The normalized spacial score (nSPS) is 10.7. The third kappa shape index (κ3) is 2.22. The maximum Gasteiger partial charge on any atom is 0.258 e. The highest BCUT2D eigenvalue weighted by Gasteiger charge is 2.12. The van der Waals surface area contributed by atoms with Gasteiger partial charge >= 0.3 is 0 Å². The molecule has 0 atom stereocenters. The molecule has 0 aliphatic carbocycles. The van der Waals surface area contributed by atoms with Crippen LogP contribution in [0.5, 0.6) is 0 Å². The van der Waals surface area contributed by atoms with Crippen LogP contribution in [0.2, 0.25) is 0 Å². The van der Waals surface area contributed by atoms with Crippen LogP contribution in [0.1, 0.15) is 0 Å². The van der Waals surface area contributed by atoms with Crippen molar-refractivity contribution in [1.29, 1.82) is 0 Å². The van der Waals surface area contributed by atoms with Gasteiger partial charge in [0.2, 0.25) is 5.82 Å². The Bertz CT molecular complexity index is 886. The van der Waals surface area contributed by atoms with Crippen LogP contribution in [0.4, 0.5) is 0 Å². The molecule has 0 bridgehead atoms. The zero-order valence-electron chi connectivity index (χ0n) is 11.2. The molecule has 0 aliphatic heterocycles. The summed E-state index contributed by atoms with van der Waals surface area (Å²) in [5.41, 5.74) is 1.40. The summed E-state index contributed by atoms with van der Waals surface area (Å²) in [5.74, 6) is 1.45. The molecule has 4 aromatic heterocycles. The summed E-state index contributed by atoms with van der Waals surface area (Å²) < 4.78 is 6.86. The van der Waals surface area contributed by atoms with E-state index in [2.05, 4.69) is 30.2 Å². The van der Waals surface area contributed by atoms with Gasteiger partial charge in [0.1, 0.15) is 18.3 Å². The number of hydrogen-bond donors (Lipinski definition) is 0. The highest BCUT2D eigenvalue weighted by atomic mass is 16.5. The van der Waals surface area contributed by atoms with Crippen molar-refractivity contribution in [3.8, 4) is 28.8 Å². The molecule has 0 radical (unpaired) electrons. The molecule has 4 aromatic rings. The van der Waals surface area contributed by atoms with E-state index in [1.807, 2.05) is 18.2 Å². The summed E-state index contributed by atoms with van der Waals surface area (Å²) in [6.45, 7) is 0. The molecule has 0 saturated heterocycles. The fourth-order valence-electron chi connectivity index (χ4n) is 1.94. The molecule has 0 saturated carbocycles. The van der Waals surface area contributed by atoms with Crippen LogP contribution in [-0.4, -0.2) is 34.9 Å². The largest absolute Gasteiger partial charge is 0.334 e. The fourth-order valence-corrected chi connectivity index (χ4v) is 1.94. The van der Waals surface area contributed by atoms with Crippen molar-refractivity contribution in [3.05, 3.63) is 55.4 Å². The average Bonchev–Trinajstić information content (AvgIpc) is 3.28. The molecular formula is C14H9N7O. The standard InChI is InChI=1S/C14H9N7O/c1-2-5-16-11(3-1)13-19-14(22-20-13)10-4-6-17-12(7-10)21-9-15-8-18-21/h1-9H. The Kier molecular flexibility index (Phi) is 2.90. The highest BCUT2D eigenvalue weighted by molar-refractivity contribution is 5.58. The van der Waals surface area contributed by atoms with Crippen LogP contribution >= 0.6 is 0 Å². The summed E-state index contributed by atoms with van der Waals surface area (Å²) in [6.07, 6.45) is 6.34. The van der Waals surface area contributed by atoms with Crippen LogP contribution in [0.25, 0.3) is 28.8 Å². The molecular weight excluding hydrogens is 282 g/mol. The van der Waals surface area contributed by atoms with E-state index >= 15 is 0 Å². The summed E-state index contributed by atoms with van der Waals surface area (Å²) in [4.78, 5) is 16.7. The second-order valence-electron chi connectivity index (χ2n) is 4.38. The molecule has 0 aliphatic rings. The minimum Gasteiger partial charge on any atom is -0.334 e. The molecule has 106 valence electrons. The number of nitrogens with zero attached hydrogens (tertiary/aromatic N) is 7. The van der Waals surface area contributed by atoms with Crippen LogP contribution in [0.3, 0.4) is 0 Å². The molecule has 4 heterocycles. The Labute approximate surface area is 124 Å². The van der Waals surface area contributed by atoms with Crippen molar-refractivity contribution in [3.63, 3.8) is 0 Å². The molecule has 0 aromatic carbocycles. The number of aromatic nitrogens is 7. The Morgan fingerprint density at radius 1 is 1.05 bits per heavy atom. The van der Waals surface area contributed by atoms with Gasteiger partial charge in [-0.1, -0.05) is 11.2 Å². The van der Waals surface area contributed by atoms with Crippen LogP contribution in [-0.2, 0) is 0 Å². The van der Waals surface area contributed by atoms with Crippen LogP contribution in [0.15, 0.2) is 59.9 Å². The van der Waals surface area contributed by atoms with E-state index in [1.54, 1.807) is 35.5 Å². The zero-order chi connectivity index (χ0) is 14.8. The maximum atomic E-state index is 5.30. The lowest BCUT2D eigenvalue weighted by molar-refractivity contribution is 0.432. The van der Waals surface area contributed by atoms with E-state index in [0.717, 1.165) is 5.56 Å². The molecule has 4 rings (SSSR count). The molecule has 0 amide bonds. The molecule has 8 nitrogen and oxygen atoms in total. The quantitative estimate of drug-likeness (QED) is 0.567. The Balaban J connectivity index is 1.71. The summed E-state index contributed by atoms with van der Waals surface area (Å²) in [6, 6.07) is 9.11. The minimum atomic E-state index is 0.393. The van der Waals surface area contributed by atoms with Gasteiger partial charge in [0, 0.05) is 18.0 Å². The second kappa shape index (κ2) is 5.17. The zero-order valence-corrected chi connectivity index (χ0v) is 11.2. The van der Waals surface area contributed by atoms with Crippen LogP contribution < -0.4 is 0 Å². The van der Waals surface area contributed by atoms with E-state index in [0.29, 0.717) is 23.2 Å². The lowest BCUT2D eigenvalue weighted by Crippen LogP contribution is -1.97. The molecule has 8 heteroatoms. The Morgan fingerprint density at radius 3 is 2.86 bits per heavy atom. The smallest absolute Gasteiger partial charge is 0.258 e. The molecule has 22 heavy (non-hydrogen) atoms. The van der Waals surface area contributed by atoms with E-state index in [4.69, 9.17) is 4.52 Å². The van der Waals surface area contributed by atoms with Crippen LogP contribution in [0, 0.1) is 0 Å². The highest BCUT2D eigenvalue weighted by Crippen LogP contribution is 2.21. The van der Waals surface area contributed by atoms with Crippen molar-refractivity contribution in [2.75, 3.05) is 0 Å². The van der Waals surface area contributed by atoms with Gasteiger partial charge in [-0.15, -0.1) is 0 Å².